The first kappa shape index (κ1) is 12.7. The van der Waals surface area contributed by atoms with Gasteiger partial charge < -0.3 is 5.11 Å². The SMILES string of the molecule is O=C(O)c1cc(-c2ccccc2F)ccc1[N+](=O)[O-]. The van der Waals surface area contributed by atoms with Gasteiger partial charge in [0.1, 0.15) is 11.4 Å². The number of nitro groups is 1. The van der Waals surface area contributed by atoms with Crippen molar-refractivity contribution in [2.45, 2.75) is 0 Å². The number of halogens is 1. The van der Waals surface area contributed by atoms with Crippen molar-refractivity contribution >= 4 is 11.7 Å². The van der Waals surface area contributed by atoms with Gasteiger partial charge in [-0.25, -0.2) is 9.18 Å². The minimum atomic E-state index is -1.43. The Bertz CT molecular complexity index is 669. The second kappa shape index (κ2) is 4.85. The Morgan fingerprint density at radius 2 is 1.89 bits per heavy atom. The summed E-state index contributed by atoms with van der Waals surface area (Å²) in [6.07, 6.45) is 0. The van der Waals surface area contributed by atoms with E-state index in [2.05, 4.69) is 0 Å². The third-order valence-electron chi connectivity index (χ3n) is 2.61. The van der Waals surface area contributed by atoms with Crippen LogP contribution < -0.4 is 0 Å². The lowest BCUT2D eigenvalue weighted by Crippen LogP contribution is -2.03. The van der Waals surface area contributed by atoms with Gasteiger partial charge in [0.25, 0.3) is 5.69 Å². The molecule has 2 aromatic rings. The molecule has 1 N–H and O–H groups in total. The zero-order chi connectivity index (χ0) is 14.0. The van der Waals surface area contributed by atoms with E-state index in [-0.39, 0.29) is 11.1 Å². The normalized spacial score (nSPS) is 10.2. The number of hydrogen-bond acceptors (Lipinski definition) is 3. The molecule has 0 bridgehead atoms. The zero-order valence-electron chi connectivity index (χ0n) is 9.54. The van der Waals surface area contributed by atoms with E-state index in [9.17, 15) is 19.3 Å². The Balaban J connectivity index is 2.62. The largest absolute Gasteiger partial charge is 0.477 e. The fraction of sp³-hybridized carbons (Fsp3) is 0. The molecular formula is C13H8FNO4. The van der Waals surface area contributed by atoms with E-state index in [4.69, 9.17) is 5.11 Å². The maximum atomic E-state index is 13.6. The lowest BCUT2D eigenvalue weighted by molar-refractivity contribution is -0.385. The molecule has 6 heteroatoms. The molecule has 5 nitrogen and oxygen atoms in total. The molecule has 2 rings (SSSR count). The Hall–Kier alpha value is -2.76. The van der Waals surface area contributed by atoms with Gasteiger partial charge in [-0.2, -0.15) is 0 Å². The van der Waals surface area contributed by atoms with Crippen LogP contribution in [0, 0.1) is 15.9 Å². The van der Waals surface area contributed by atoms with Crippen LogP contribution in [0.3, 0.4) is 0 Å². The quantitative estimate of drug-likeness (QED) is 0.680. The summed E-state index contributed by atoms with van der Waals surface area (Å²) in [6, 6.07) is 9.29. The number of carboxylic acids is 1. The van der Waals surface area contributed by atoms with Gasteiger partial charge in [0, 0.05) is 11.6 Å². The highest BCUT2D eigenvalue weighted by atomic mass is 19.1. The van der Waals surface area contributed by atoms with Crippen LogP contribution >= 0.6 is 0 Å². The highest BCUT2D eigenvalue weighted by molar-refractivity contribution is 5.94. The van der Waals surface area contributed by atoms with Crippen LogP contribution in [0.4, 0.5) is 10.1 Å². The minimum absolute atomic E-state index is 0.194. The molecule has 0 unspecified atom stereocenters. The van der Waals surface area contributed by atoms with E-state index >= 15 is 0 Å². The van der Waals surface area contributed by atoms with Crippen LogP contribution in [0.25, 0.3) is 11.1 Å². The predicted octanol–water partition coefficient (Wildman–Crippen LogP) is 3.10. The average molecular weight is 261 g/mol. The third kappa shape index (κ3) is 2.42. The first-order valence-corrected chi connectivity index (χ1v) is 5.27. The molecule has 96 valence electrons. The maximum Gasteiger partial charge on any atom is 0.342 e. The first-order valence-electron chi connectivity index (χ1n) is 5.27. The maximum absolute atomic E-state index is 13.6. The number of carbonyl (C=O) groups is 1. The number of aromatic carboxylic acids is 1. The number of nitrogens with zero attached hydrogens (tertiary/aromatic N) is 1. The molecule has 0 atom stereocenters. The van der Waals surface area contributed by atoms with E-state index in [1.54, 1.807) is 6.07 Å². The van der Waals surface area contributed by atoms with Crippen LogP contribution in [0.1, 0.15) is 10.4 Å². The molecule has 0 aliphatic rings. The van der Waals surface area contributed by atoms with Crippen LogP contribution in [-0.4, -0.2) is 16.0 Å². The zero-order valence-corrected chi connectivity index (χ0v) is 9.54. The summed E-state index contributed by atoms with van der Waals surface area (Å²) in [7, 11) is 0. The second-order valence-corrected chi connectivity index (χ2v) is 3.77. The molecule has 0 aliphatic carbocycles. The number of carboxylic acid groups (broad SMARTS) is 1. The molecule has 0 aromatic heterocycles. The Labute approximate surface area is 107 Å². The lowest BCUT2D eigenvalue weighted by Gasteiger charge is -2.05. The molecule has 0 aliphatic heterocycles. The van der Waals surface area contributed by atoms with Crippen molar-refractivity contribution < 1.29 is 19.2 Å². The minimum Gasteiger partial charge on any atom is -0.477 e. The molecule has 2 aromatic carbocycles. The number of nitro benzene ring substituents is 1. The Morgan fingerprint density at radius 1 is 1.21 bits per heavy atom. The summed E-state index contributed by atoms with van der Waals surface area (Å²) in [5.41, 5.74) is -0.514. The topological polar surface area (TPSA) is 80.4 Å². The van der Waals surface area contributed by atoms with Gasteiger partial charge in [0.15, 0.2) is 0 Å². The lowest BCUT2D eigenvalue weighted by atomic mass is 10.0. The van der Waals surface area contributed by atoms with Crippen LogP contribution in [0.2, 0.25) is 0 Å². The van der Waals surface area contributed by atoms with Gasteiger partial charge in [0.2, 0.25) is 0 Å². The van der Waals surface area contributed by atoms with E-state index in [1.165, 1.54) is 24.3 Å². The van der Waals surface area contributed by atoms with Gasteiger partial charge in [0.05, 0.1) is 4.92 Å². The first-order chi connectivity index (χ1) is 9.00. The van der Waals surface area contributed by atoms with E-state index in [0.717, 1.165) is 12.1 Å². The van der Waals surface area contributed by atoms with Crippen molar-refractivity contribution in [1.82, 2.24) is 0 Å². The van der Waals surface area contributed by atoms with Crippen molar-refractivity contribution in [2.75, 3.05) is 0 Å². The van der Waals surface area contributed by atoms with Crippen LogP contribution in [0.15, 0.2) is 42.5 Å². The average Bonchev–Trinajstić information content (AvgIpc) is 2.38. The van der Waals surface area contributed by atoms with Crippen molar-refractivity contribution in [3.05, 3.63) is 64.0 Å². The van der Waals surface area contributed by atoms with Gasteiger partial charge >= 0.3 is 5.97 Å². The number of benzene rings is 2. The molecular weight excluding hydrogens is 253 g/mol. The summed E-state index contributed by atoms with van der Waals surface area (Å²) < 4.78 is 13.6. The van der Waals surface area contributed by atoms with Crippen molar-refractivity contribution in [3.63, 3.8) is 0 Å². The van der Waals surface area contributed by atoms with Gasteiger partial charge in [-0.15, -0.1) is 0 Å². The highest BCUT2D eigenvalue weighted by Gasteiger charge is 2.20. The fourth-order valence-corrected chi connectivity index (χ4v) is 1.73. The molecule has 0 radical (unpaired) electrons. The summed E-state index contributed by atoms with van der Waals surface area (Å²) >= 11 is 0. The number of hydrogen-bond donors (Lipinski definition) is 1. The highest BCUT2D eigenvalue weighted by Crippen LogP contribution is 2.28. The monoisotopic (exact) mass is 261 g/mol. The van der Waals surface area contributed by atoms with E-state index in [0.29, 0.717) is 0 Å². The second-order valence-electron chi connectivity index (χ2n) is 3.77. The van der Waals surface area contributed by atoms with Gasteiger partial charge in [-0.3, -0.25) is 10.1 Å². The van der Waals surface area contributed by atoms with Gasteiger partial charge in [-0.1, -0.05) is 18.2 Å². The Morgan fingerprint density at radius 3 is 2.47 bits per heavy atom. The molecule has 0 heterocycles. The molecule has 19 heavy (non-hydrogen) atoms. The van der Waals surface area contributed by atoms with Crippen molar-refractivity contribution in [2.24, 2.45) is 0 Å². The predicted molar refractivity (Wildman–Crippen MR) is 65.4 cm³/mol. The Kier molecular flexibility index (Phi) is 3.24. The summed E-state index contributed by atoms with van der Waals surface area (Å²) in [5, 5.41) is 19.7. The van der Waals surface area contributed by atoms with E-state index < -0.39 is 28.0 Å². The molecule has 0 amide bonds. The van der Waals surface area contributed by atoms with Crippen molar-refractivity contribution in [1.29, 1.82) is 0 Å². The molecule has 0 saturated heterocycles. The van der Waals surface area contributed by atoms with Crippen LogP contribution in [-0.2, 0) is 0 Å². The number of rotatable bonds is 3. The van der Waals surface area contributed by atoms with Gasteiger partial charge in [-0.05, 0) is 23.8 Å². The summed E-state index contributed by atoms with van der Waals surface area (Å²) in [5.74, 6) is -1.95. The third-order valence-corrected chi connectivity index (χ3v) is 2.61. The van der Waals surface area contributed by atoms with E-state index in [1.807, 2.05) is 0 Å². The van der Waals surface area contributed by atoms with Crippen LogP contribution in [0.5, 0.6) is 0 Å². The fourth-order valence-electron chi connectivity index (χ4n) is 1.73. The van der Waals surface area contributed by atoms with Crippen molar-refractivity contribution in [3.8, 4) is 11.1 Å². The molecule has 0 spiro atoms. The molecule has 0 fully saturated rings. The standard InChI is InChI=1S/C13H8FNO4/c14-11-4-2-1-3-9(11)8-5-6-12(15(18)19)10(7-8)13(16)17/h1-7H,(H,16,17). The summed E-state index contributed by atoms with van der Waals surface area (Å²) in [4.78, 5) is 20.9. The molecule has 0 saturated carbocycles. The smallest absolute Gasteiger partial charge is 0.342 e. The summed E-state index contributed by atoms with van der Waals surface area (Å²) in [6.45, 7) is 0.